The maximum absolute atomic E-state index is 13.2. The summed E-state index contributed by atoms with van der Waals surface area (Å²) in [7, 11) is 0. The van der Waals surface area contributed by atoms with E-state index in [9.17, 15) is 39.9 Å². The first kappa shape index (κ1) is 24.7. The number of aromatic nitrogens is 3. The summed E-state index contributed by atoms with van der Waals surface area (Å²) in [5, 5.41) is 6.03. The van der Waals surface area contributed by atoms with Crippen molar-refractivity contribution in [2.24, 2.45) is 0 Å². The highest BCUT2D eigenvalue weighted by molar-refractivity contribution is 6.06. The molecule has 1 aromatic carbocycles. The van der Waals surface area contributed by atoms with Gasteiger partial charge in [0.2, 0.25) is 0 Å². The molecule has 0 saturated carbocycles. The van der Waals surface area contributed by atoms with E-state index in [1.807, 2.05) is 0 Å². The van der Waals surface area contributed by atoms with Crippen molar-refractivity contribution >= 4 is 17.5 Å². The summed E-state index contributed by atoms with van der Waals surface area (Å²) in [6, 6.07) is 6.62. The molecule has 0 unspecified atom stereocenters. The van der Waals surface area contributed by atoms with Crippen LogP contribution in [0.3, 0.4) is 0 Å². The second-order valence-electron chi connectivity index (χ2n) is 6.70. The first-order valence-corrected chi connectivity index (χ1v) is 9.05. The van der Waals surface area contributed by atoms with Crippen LogP contribution >= 0.6 is 0 Å². The molecule has 3 rings (SSSR count). The predicted molar refractivity (Wildman–Crippen MR) is 102 cm³/mol. The van der Waals surface area contributed by atoms with E-state index in [4.69, 9.17) is 5.73 Å². The topological polar surface area (TPSA) is 95.1 Å². The average Bonchev–Trinajstić information content (AvgIpc) is 3.12. The van der Waals surface area contributed by atoms with Gasteiger partial charge in [0.05, 0.1) is 11.8 Å². The van der Waals surface area contributed by atoms with E-state index in [-0.39, 0.29) is 22.9 Å². The van der Waals surface area contributed by atoms with Gasteiger partial charge in [0.1, 0.15) is 28.6 Å². The molecule has 0 atom stereocenters. The summed E-state index contributed by atoms with van der Waals surface area (Å²) < 4.78 is 107. The SMILES string of the molecule is Nc1c(C(=O)Nc2ccc(C(F)(F)F)cn2)cnn1-c1ccccc1OCC(F)(F)C(F)(F)F. The lowest BCUT2D eigenvalue weighted by Gasteiger charge is -2.20. The number of nitrogens with two attached hydrogens (primary N) is 1. The largest absolute Gasteiger partial charge is 0.485 e. The van der Waals surface area contributed by atoms with Gasteiger partial charge in [-0.1, -0.05) is 12.1 Å². The van der Waals surface area contributed by atoms with Crippen LogP contribution in [0.1, 0.15) is 15.9 Å². The third kappa shape index (κ3) is 5.18. The minimum Gasteiger partial charge on any atom is -0.485 e. The van der Waals surface area contributed by atoms with E-state index in [0.717, 1.165) is 23.0 Å². The normalized spacial score (nSPS) is 12.5. The molecule has 0 radical (unpaired) electrons. The van der Waals surface area contributed by atoms with E-state index in [1.54, 1.807) is 0 Å². The van der Waals surface area contributed by atoms with Crippen molar-refractivity contribution in [3.05, 3.63) is 59.9 Å². The van der Waals surface area contributed by atoms with Gasteiger partial charge in [-0.25, -0.2) is 9.67 Å². The summed E-state index contributed by atoms with van der Waals surface area (Å²) in [6.45, 7) is -2.01. The molecule has 2 aromatic heterocycles. The minimum absolute atomic E-state index is 0.148. The van der Waals surface area contributed by atoms with Gasteiger partial charge < -0.3 is 15.8 Å². The minimum atomic E-state index is -5.83. The standard InChI is InChI=1S/C19H13F8N5O2/c20-17(21,19(25,26)27)9-34-13-4-2-1-3-12(13)32-15(28)11(8-30-32)16(33)31-14-6-5-10(7-29-14)18(22,23)24/h1-8H,9,28H2,(H,29,31,33). The van der Waals surface area contributed by atoms with Gasteiger partial charge in [0, 0.05) is 6.20 Å². The number of pyridine rings is 1. The zero-order chi connectivity index (χ0) is 25.3. The number of amides is 1. The van der Waals surface area contributed by atoms with Crippen LogP contribution in [0.5, 0.6) is 5.75 Å². The van der Waals surface area contributed by atoms with Gasteiger partial charge in [-0.2, -0.15) is 40.2 Å². The summed E-state index contributed by atoms with van der Waals surface area (Å²) in [5.74, 6) is -7.07. The Hall–Kier alpha value is -3.91. The Morgan fingerprint density at radius 1 is 1.00 bits per heavy atom. The monoisotopic (exact) mass is 495 g/mol. The number of nitrogen functional groups attached to an aromatic ring is 1. The second-order valence-corrected chi connectivity index (χ2v) is 6.70. The quantitative estimate of drug-likeness (QED) is 0.484. The van der Waals surface area contributed by atoms with E-state index < -0.39 is 42.1 Å². The fourth-order valence-electron chi connectivity index (χ4n) is 2.55. The van der Waals surface area contributed by atoms with E-state index in [1.165, 1.54) is 18.2 Å². The Morgan fingerprint density at radius 2 is 1.68 bits per heavy atom. The Labute approximate surface area is 185 Å². The number of carbonyl (C=O) groups is 1. The Balaban J connectivity index is 1.81. The van der Waals surface area contributed by atoms with Crippen LogP contribution in [0, 0.1) is 0 Å². The van der Waals surface area contributed by atoms with Crippen LogP contribution in [0.2, 0.25) is 0 Å². The summed E-state index contributed by atoms with van der Waals surface area (Å²) in [4.78, 5) is 15.9. The van der Waals surface area contributed by atoms with Crippen LogP contribution in [-0.2, 0) is 6.18 Å². The molecule has 0 bridgehead atoms. The van der Waals surface area contributed by atoms with Crippen LogP contribution in [-0.4, -0.2) is 39.4 Å². The fourth-order valence-corrected chi connectivity index (χ4v) is 2.55. The first-order chi connectivity index (χ1) is 15.7. The van der Waals surface area contributed by atoms with Crippen molar-refractivity contribution in [1.29, 1.82) is 0 Å². The third-order valence-electron chi connectivity index (χ3n) is 4.30. The molecule has 182 valence electrons. The lowest BCUT2D eigenvalue weighted by atomic mass is 10.2. The van der Waals surface area contributed by atoms with Gasteiger partial charge in [-0.05, 0) is 24.3 Å². The summed E-state index contributed by atoms with van der Waals surface area (Å²) in [6.07, 6.45) is -8.99. The number of hydrogen-bond acceptors (Lipinski definition) is 5. The molecule has 3 N–H and O–H groups in total. The van der Waals surface area contributed by atoms with Crippen molar-refractivity contribution < 1.29 is 44.7 Å². The van der Waals surface area contributed by atoms with Crippen LogP contribution < -0.4 is 15.8 Å². The van der Waals surface area contributed by atoms with E-state index >= 15 is 0 Å². The van der Waals surface area contributed by atoms with Gasteiger partial charge in [-0.3, -0.25) is 4.79 Å². The second kappa shape index (κ2) is 8.79. The van der Waals surface area contributed by atoms with Gasteiger partial charge in [-0.15, -0.1) is 0 Å². The van der Waals surface area contributed by atoms with Crippen molar-refractivity contribution in [1.82, 2.24) is 14.8 Å². The molecule has 0 aliphatic heterocycles. The number of anilines is 2. The number of nitrogens with one attached hydrogen (secondary N) is 1. The maximum atomic E-state index is 13.2. The molecule has 7 nitrogen and oxygen atoms in total. The summed E-state index contributed by atoms with van der Waals surface area (Å²) >= 11 is 0. The van der Waals surface area contributed by atoms with Crippen molar-refractivity contribution in [3.8, 4) is 11.4 Å². The average molecular weight is 495 g/mol. The number of rotatable bonds is 6. The lowest BCUT2D eigenvalue weighted by molar-refractivity contribution is -0.290. The molecule has 34 heavy (non-hydrogen) atoms. The molecular formula is C19H13F8N5O2. The molecule has 3 aromatic rings. The zero-order valence-electron chi connectivity index (χ0n) is 16.6. The molecule has 15 heteroatoms. The van der Waals surface area contributed by atoms with Crippen LogP contribution in [0.15, 0.2) is 48.8 Å². The van der Waals surface area contributed by atoms with Crippen molar-refractivity contribution in [2.75, 3.05) is 17.7 Å². The van der Waals surface area contributed by atoms with Crippen molar-refractivity contribution in [2.45, 2.75) is 18.3 Å². The Kier molecular flexibility index (Phi) is 6.40. The molecule has 0 spiro atoms. The molecule has 0 aliphatic carbocycles. The summed E-state index contributed by atoms with van der Waals surface area (Å²) in [5.41, 5.74) is 4.41. The van der Waals surface area contributed by atoms with Gasteiger partial charge >= 0.3 is 18.3 Å². The van der Waals surface area contributed by atoms with E-state index in [0.29, 0.717) is 12.3 Å². The number of hydrogen-bond donors (Lipinski definition) is 2. The van der Waals surface area contributed by atoms with Crippen LogP contribution in [0.4, 0.5) is 46.8 Å². The Morgan fingerprint density at radius 3 is 2.26 bits per heavy atom. The third-order valence-corrected chi connectivity index (χ3v) is 4.30. The van der Waals surface area contributed by atoms with E-state index in [2.05, 4.69) is 20.1 Å². The molecule has 2 heterocycles. The first-order valence-electron chi connectivity index (χ1n) is 9.05. The molecular weight excluding hydrogens is 482 g/mol. The maximum Gasteiger partial charge on any atom is 0.456 e. The number of para-hydroxylation sites is 2. The lowest BCUT2D eigenvalue weighted by Crippen LogP contribution is -2.41. The number of carbonyl (C=O) groups excluding carboxylic acids is 1. The number of nitrogens with zero attached hydrogens (tertiary/aromatic N) is 3. The van der Waals surface area contributed by atoms with Gasteiger partial charge in [0.25, 0.3) is 5.91 Å². The molecule has 0 saturated heterocycles. The Bertz CT molecular complexity index is 1170. The highest BCUT2D eigenvalue weighted by atomic mass is 19.4. The zero-order valence-corrected chi connectivity index (χ0v) is 16.6. The number of alkyl halides is 8. The van der Waals surface area contributed by atoms with Crippen LogP contribution in [0.25, 0.3) is 5.69 Å². The molecule has 1 amide bonds. The van der Waals surface area contributed by atoms with Gasteiger partial charge in [0.15, 0.2) is 6.61 Å². The molecule has 0 aliphatic rings. The number of benzene rings is 1. The van der Waals surface area contributed by atoms with Crippen molar-refractivity contribution in [3.63, 3.8) is 0 Å². The smallest absolute Gasteiger partial charge is 0.456 e. The number of halogens is 8. The number of ether oxygens (including phenoxy) is 1. The highest BCUT2D eigenvalue weighted by Gasteiger charge is 2.58. The highest BCUT2D eigenvalue weighted by Crippen LogP contribution is 2.36. The predicted octanol–water partition coefficient (Wildman–Crippen LogP) is 4.70. The molecule has 0 fully saturated rings. The fraction of sp³-hybridized carbons (Fsp3) is 0.211.